The summed E-state index contributed by atoms with van der Waals surface area (Å²) in [6.07, 6.45) is 0.105. The molecule has 0 atom stereocenters. The monoisotopic (exact) mass is 508 g/mol. The smallest absolute Gasteiger partial charge is 0.335 e. The molecule has 7 heteroatoms. The quantitative estimate of drug-likeness (QED) is 0.364. The summed E-state index contributed by atoms with van der Waals surface area (Å²) in [5.41, 5.74) is 1.00. The molecule has 2 aromatic carbocycles. The van der Waals surface area contributed by atoms with Gasteiger partial charge in [0.05, 0.1) is 15.6 Å². The standard InChI is InChI=1S/C22H21IO6/c1-22(2,3)29-19(24)11-13-6-4-5-7-18(13)27-12-16-9-14-8-15(21(25)26)10-17(23)20(14)28-16/h4-10H,11-12H2,1-3H3,(H,25,26). The zero-order chi connectivity index (χ0) is 21.2. The number of hydrogen-bond donors (Lipinski definition) is 1. The van der Waals surface area contributed by atoms with Gasteiger partial charge in [-0.1, -0.05) is 18.2 Å². The summed E-state index contributed by atoms with van der Waals surface area (Å²) < 4.78 is 17.8. The van der Waals surface area contributed by atoms with Gasteiger partial charge in [-0.05, 0) is 67.6 Å². The van der Waals surface area contributed by atoms with Gasteiger partial charge in [-0.25, -0.2) is 4.79 Å². The maximum atomic E-state index is 12.2. The SMILES string of the molecule is CC(C)(C)OC(=O)Cc1ccccc1OCc1cc2cc(C(=O)O)cc(I)c2o1. The van der Waals surface area contributed by atoms with Gasteiger partial charge in [0.1, 0.15) is 29.3 Å². The Labute approximate surface area is 181 Å². The summed E-state index contributed by atoms with van der Waals surface area (Å²) in [6.45, 7) is 5.63. The van der Waals surface area contributed by atoms with E-state index in [0.29, 0.717) is 26.0 Å². The van der Waals surface area contributed by atoms with Crippen LogP contribution in [0.1, 0.15) is 42.5 Å². The van der Waals surface area contributed by atoms with Crippen molar-refractivity contribution in [1.29, 1.82) is 0 Å². The average molecular weight is 508 g/mol. The third-order valence-electron chi connectivity index (χ3n) is 3.97. The Hall–Kier alpha value is -2.55. The molecule has 152 valence electrons. The molecule has 29 heavy (non-hydrogen) atoms. The lowest BCUT2D eigenvalue weighted by molar-refractivity contribution is -0.153. The third kappa shape index (κ3) is 5.50. The number of fused-ring (bicyclic) bond motifs is 1. The van der Waals surface area contributed by atoms with E-state index >= 15 is 0 Å². The van der Waals surface area contributed by atoms with Crippen LogP contribution in [0.25, 0.3) is 11.0 Å². The predicted molar refractivity (Wildman–Crippen MR) is 116 cm³/mol. The number of benzene rings is 2. The van der Waals surface area contributed by atoms with Crippen molar-refractivity contribution in [1.82, 2.24) is 0 Å². The van der Waals surface area contributed by atoms with Gasteiger partial charge in [-0.15, -0.1) is 0 Å². The number of aromatic carboxylic acids is 1. The average Bonchev–Trinajstić information content (AvgIpc) is 3.03. The van der Waals surface area contributed by atoms with E-state index in [1.165, 1.54) is 0 Å². The van der Waals surface area contributed by atoms with Crippen molar-refractivity contribution >= 4 is 45.5 Å². The molecule has 0 aliphatic heterocycles. The van der Waals surface area contributed by atoms with E-state index in [4.69, 9.17) is 13.9 Å². The minimum absolute atomic E-state index is 0.105. The highest BCUT2D eigenvalue weighted by Gasteiger charge is 2.18. The van der Waals surface area contributed by atoms with E-state index in [0.717, 1.165) is 5.56 Å². The third-order valence-corrected chi connectivity index (χ3v) is 4.77. The number of carbonyl (C=O) groups is 2. The highest BCUT2D eigenvalue weighted by atomic mass is 127. The molecule has 0 aliphatic carbocycles. The Morgan fingerprint density at radius 2 is 1.86 bits per heavy atom. The normalized spacial score (nSPS) is 11.4. The maximum absolute atomic E-state index is 12.2. The van der Waals surface area contributed by atoms with E-state index in [9.17, 15) is 14.7 Å². The number of carbonyl (C=O) groups excluding carboxylic acids is 1. The van der Waals surface area contributed by atoms with Gasteiger partial charge in [0.25, 0.3) is 0 Å². The van der Waals surface area contributed by atoms with E-state index < -0.39 is 11.6 Å². The van der Waals surface area contributed by atoms with Gasteiger partial charge < -0.3 is 19.0 Å². The van der Waals surface area contributed by atoms with Gasteiger partial charge in [-0.3, -0.25) is 4.79 Å². The number of carboxylic acids is 1. The number of furan rings is 1. The molecule has 1 heterocycles. The van der Waals surface area contributed by atoms with Crippen LogP contribution in [0.4, 0.5) is 0 Å². The molecule has 0 bridgehead atoms. The molecule has 0 radical (unpaired) electrons. The molecule has 1 aromatic heterocycles. The fraction of sp³-hybridized carbons (Fsp3) is 0.273. The molecule has 0 saturated carbocycles. The molecule has 0 fully saturated rings. The van der Waals surface area contributed by atoms with Crippen molar-refractivity contribution in [2.24, 2.45) is 0 Å². The largest absolute Gasteiger partial charge is 0.485 e. The van der Waals surface area contributed by atoms with E-state index in [2.05, 4.69) is 22.6 Å². The van der Waals surface area contributed by atoms with Crippen LogP contribution < -0.4 is 4.74 Å². The molecule has 3 rings (SSSR count). The Kier molecular flexibility index (Phi) is 6.16. The highest BCUT2D eigenvalue weighted by Crippen LogP contribution is 2.28. The Morgan fingerprint density at radius 1 is 1.14 bits per heavy atom. The van der Waals surface area contributed by atoms with Gasteiger partial charge in [0.2, 0.25) is 0 Å². The van der Waals surface area contributed by atoms with Crippen LogP contribution in [0.5, 0.6) is 5.75 Å². The summed E-state index contributed by atoms with van der Waals surface area (Å²) in [7, 11) is 0. The summed E-state index contributed by atoms with van der Waals surface area (Å²) in [5.74, 6) is -0.180. The lowest BCUT2D eigenvalue weighted by Gasteiger charge is -2.20. The zero-order valence-electron chi connectivity index (χ0n) is 16.3. The number of para-hydroxylation sites is 1. The number of esters is 1. The van der Waals surface area contributed by atoms with Crippen LogP contribution in [0.15, 0.2) is 46.9 Å². The molecule has 6 nitrogen and oxygen atoms in total. The van der Waals surface area contributed by atoms with Crippen molar-refractivity contribution < 1.29 is 28.6 Å². The molecule has 3 aromatic rings. The summed E-state index contributed by atoms with van der Waals surface area (Å²) in [5, 5.41) is 9.91. The number of rotatable bonds is 6. The first-order valence-electron chi connectivity index (χ1n) is 9.00. The number of ether oxygens (including phenoxy) is 2. The van der Waals surface area contributed by atoms with Crippen molar-refractivity contribution in [3.63, 3.8) is 0 Å². The number of hydrogen-bond acceptors (Lipinski definition) is 5. The van der Waals surface area contributed by atoms with Gasteiger partial charge >= 0.3 is 11.9 Å². The molecule has 0 unspecified atom stereocenters. The molecule has 0 amide bonds. The van der Waals surface area contributed by atoms with Crippen LogP contribution >= 0.6 is 22.6 Å². The van der Waals surface area contributed by atoms with Crippen molar-refractivity contribution in [3.8, 4) is 5.75 Å². The molecule has 0 spiro atoms. The lowest BCUT2D eigenvalue weighted by Crippen LogP contribution is -2.25. The van der Waals surface area contributed by atoms with Gasteiger partial charge in [0, 0.05) is 10.9 Å². The Bertz CT molecular complexity index is 1060. The first kappa shape index (κ1) is 21.2. The number of carboxylic acid groups (broad SMARTS) is 1. The molecular weight excluding hydrogens is 487 g/mol. The van der Waals surface area contributed by atoms with Crippen LogP contribution in [0.3, 0.4) is 0 Å². The van der Waals surface area contributed by atoms with E-state index in [1.807, 2.05) is 39.0 Å². The molecular formula is C22H21IO6. The zero-order valence-corrected chi connectivity index (χ0v) is 18.5. The topological polar surface area (TPSA) is 86.0 Å². The molecule has 0 aliphatic rings. The van der Waals surface area contributed by atoms with Crippen molar-refractivity contribution in [2.75, 3.05) is 0 Å². The lowest BCUT2D eigenvalue weighted by atomic mass is 10.1. The summed E-state index contributed by atoms with van der Waals surface area (Å²) in [6, 6.07) is 12.2. The van der Waals surface area contributed by atoms with Crippen LogP contribution in [-0.2, 0) is 22.6 Å². The van der Waals surface area contributed by atoms with Crippen LogP contribution in [0, 0.1) is 3.57 Å². The maximum Gasteiger partial charge on any atom is 0.335 e. The fourth-order valence-electron chi connectivity index (χ4n) is 2.83. The van der Waals surface area contributed by atoms with Gasteiger partial charge in [0.15, 0.2) is 0 Å². The van der Waals surface area contributed by atoms with E-state index in [1.54, 1.807) is 24.3 Å². The Balaban J connectivity index is 1.76. The highest BCUT2D eigenvalue weighted by molar-refractivity contribution is 14.1. The summed E-state index contributed by atoms with van der Waals surface area (Å²) >= 11 is 2.05. The first-order chi connectivity index (χ1) is 13.6. The second-order valence-electron chi connectivity index (χ2n) is 7.55. The minimum Gasteiger partial charge on any atom is -0.485 e. The van der Waals surface area contributed by atoms with Crippen LogP contribution in [-0.4, -0.2) is 22.6 Å². The van der Waals surface area contributed by atoms with Crippen molar-refractivity contribution in [2.45, 2.75) is 39.4 Å². The second-order valence-corrected chi connectivity index (χ2v) is 8.72. The minimum atomic E-state index is -0.986. The van der Waals surface area contributed by atoms with Crippen molar-refractivity contribution in [3.05, 3.63) is 62.9 Å². The van der Waals surface area contributed by atoms with E-state index in [-0.39, 0.29) is 24.6 Å². The molecule has 1 N–H and O–H groups in total. The van der Waals surface area contributed by atoms with Crippen LogP contribution in [0.2, 0.25) is 0 Å². The second kappa shape index (κ2) is 8.44. The first-order valence-corrected chi connectivity index (χ1v) is 10.1. The molecule has 0 saturated heterocycles. The Morgan fingerprint density at radius 3 is 2.55 bits per heavy atom. The fourth-order valence-corrected chi connectivity index (χ4v) is 3.59. The van der Waals surface area contributed by atoms with Gasteiger partial charge in [-0.2, -0.15) is 0 Å². The predicted octanol–water partition coefficient (Wildman–Crippen LogP) is 5.20. The number of halogens is 1. The summed E-state index contributed by atoms with van der Waals surface area (Å²) in [4.78, 5) is 23.4.